The molecule has 1 aliphatic heterocycles. The highest BCUT2D eigenvalue weighted by Crippen LogP contribution is 2.39. The van der Waals surface area contributed by atoms with Gasteiger partial charge in [-0.15, -0.1) is 5.10 Å². The van der Waals surface area contributed by atoms with Crippen LogP contribution in [0.4, 0.5) is 4.39 Å². The summed E-state index contributed by atoms with van der Waals surface area (Å²) in [6.45, 7) is 10.3. The molecule has 4 aromatic heterocycles. The third-order valence-electron chi connectivity index (χ3n) is 11.9. The molecule has 6 bridgehead atoms. The molecule has 0 N–H and O–H groups in total. The number of pyridine rings is 1. The fourth-order valence-corrected chi connectivity index (χ4v) is 10.8. The van der Waals surface area contributed by atoms with Gasteiger partial charge in [0, 0.05) is 59.4 Å². The van der Waals surface area contributed by atoms with Crippen LogP contribution in [0, 0.1) is 12.7 Å². The number of nitrogens with zero attached hydrogens (tertiary/aromatic N) is 8. The Labute approximate surface area is 362 Å². The lowest BCUT2D eigenvalue weighted by molar-refractivity contribution is -0.143. The van der Waals surface area contributed by atoms with E-state index in [1.807, 2.05) is 25.3 Å². The molecule has 0 saturated heterocycles. The van der Waals surface area contributed by atoms with Crippen molar-refractivity contribution >= 4 is 37.7 Å². The van der Waals surface area contributed by atoms with Crippen LogP contribution in [0.25, 0.3) is 22.4 Å². The van der Waals surface area contributed by atoms with Gasteiger partial charge in [-0.05, 0) is 81.5 Å². The Bertz CT molecular complexity index is 2960. The Kier molecular flexibility index (Phi) is 11.6. The molecule has 13 nitrogen and oxygen atoms in total. The van der Waals surface area contributed by atoms with Crippen LogP contribution >= 0.6 is 0 Å². The minimum absolute atomic E-state index is 0.0329. The molecule has 1 unspecified atom stereocenters. The van der Waals surface area contributed by atoms with Gasteiger partial charge in [-0.2, -0.15) is 5.10 Å². The van der Waals surface area contributed by atoms with Gasteiger partial charge in [-0.1, -0.05) is 73.9 Å². The number of hydrogen-bond acceptors (Lipinski definition) is 10. The largest absolute Gasteiger partial charge is 0.466 e. The molecule has 322 valence electrons. The summed E-state index contributed by atoms with van der Waals surface area (Å²) in [5.41, 5.74) is 3.39. The van der Waals surface area contributed by atoms with Crippen molar-refractivity contribution in [3.8, 4) is 11.5 Å². The number of rotatable bonds is 7. The van der Waals surface area contributed by atoms with E-state index in [1.165, 1.54) is 24.5 Å². The highest BCUT2D eigenvalue weighted by Gasteiger charge is 2.35. The van der Waals surface area contributed by atoms with Crippen LogP contribution in [0.2, 0.25) is 0 Å². The summed E-state index contributed by atoms with van der Waals surface area (Å²) in [7, 11) is -4.46. The molecule has 16 heteroatoms. The smallest absolute Gasteiger partial charge is 0.306 e. The minimum Gasteiger partial charge on any atom is -0.466 e. The molecule has 0 amide bonds. The van der Waals surface area contributed by atoms with Gasteiger partial charge in [0.2, 0.25) is 0 Å². The summed E-state index contributed by atoms with van der Waals surface area (Å²) >= 11 is 0. The maximum atomic E-state index is 16.8. The van der Waals surface area contributed by atoms with E-state index < -0.39 is 37.5 Å². The Balaban J connectivity index is 1.26. The summed E-state index contributed by atoms with van der Waals surface area (Å²) in [6.07, 6.45) is 8.69. The zero-order valence-electron chi connectivity index (χ0n) is 35.6. The number of fused-ring (bicyclic) bond motifs is 10. The zero-order valence-corrected chi connectivity index (χ0v) is 37.3. The quantitative estimate of drug-likeness (QED) is 0.144. The summed E-state index contributed by atoms with van der Waals surface area (Å²) in [6, 6.07) is 20.6. The molecule has 3 aromatic carbocycles. The van der Waals surface area contributed by atoms with E-state index in [0.29, 0.717) is 47.7 Å². The van der Waals surface area contributed by atoms with Gasteiger partial charge in [0.25, 0.3) is 10.0 Å². The second kappa shape index (κ2) is 16.8. The molecular formula is C46H49FN8O5S2. The standard InChI is InChI=1S/C46H49FN8O5S2/c1-7-60-41(56)18-15-31-11-10-12-32(25-31)46(5)22-9-8-21-45(3,4)40-29-54(52-50-40)28-36-35-20-24-55(62(58,59)34-16-13-30(2)14-17-34)39(35)27-37(47)42(36)61(57)33-19-23-48-38(26-33)43-49-44(46)51-53(43)6/h10-14,16-17,19-20,23-27,29H,7-9,15,18,21-22,28H2,1-6H3/t46-,61?/m1/s1. The number of ether oxygens (including phenoxy) is 1. The number of carbonyl (C=O) groups is 1. The van der Waals surface area contributed by atoms with Crippen molar-refractivity contribution in [1.29, 1.82) is 0 Å². The van der Waals surface area contributed by atoms with E-state index in [4.69, 9.17) is 14.8 Å². The first kappa shape index (κ1) is 42.8. The van der Waals surface area contributed by atoms with E-state index in [9.17, 15) is 17.4 Å². The van der Waals surface area contributed by atoms with E-state index in [0.717, 1.165) is 51.7 Å². The van der Waals surface area contributed by atoms with Crippen LogP contribution in [0.5, 0.6) is 0 Å². The fraction of sp³-hybridized carbons (Fsp3) is 0.348. The third-order valence-corrected chi connectivity index (χ3v) is 15.1. The number of esters is 1. The van der Waals surface area contributed by atoms with E-state index in [1.54, 1.807) is 53.7 Å². The first-order chi connectivity index (χ1) is 29.6. The summed E-state index contributed by atoms with van der Waals surface area (Å²) < 4.78 is 69.1. The monoisotopic (exact) mass is 876 g/mol. The number of carbonyl (C=O) groups excluding carboxylic acids is 1. The van der Waals surface area contributed by atoms with Gasteiger partial charge < -0.3 is 4.74 Å². The van der Waals surface area contributed by atoms with Crippen LogP contribution in [0.3, 0.4) is 0 Å². The van der Waals surface area contributed by atoms with Crippen molar-refractivity contribution in [2.75, 3.05) is 6.61 Å². The van der Waals surface area contributed by atoms with Crippen molar-refractivity contribution in [3.05, 3.63) is 131 Å². The second-order valence-corrected chi connectivity index (χ2v) is 20.0. The van der Waals surface area contributed by atoms with Crippen LogP contribution in [-0.2, 0) is 61.2 Å². The third kappa shape index (κ3) is 8.13. The van der Waals surface area contributed by atoms with Gasteiger partial charge in [0.1, 0.15) is 11.5 Å². The Morgan fingerprint density at radius 1 is 1.00 bits per heavy atom. The maximum absolute atomic E-state index is 16.8. The first-order valence-electron chi connectivity index (χ1n) is 20.7. The molecule has 0 radical (unpaired) electrons. The lowest BCUT2D eigenvalue weighted by atomic mass is 9.75. The Hall–Kier alpha value is -5.87. The Morgan fingerprint density at radius 3 is 2.55 bits per heavy atom. The highest BCUT2D eigenvalue weighted by atomic mass is 32.2. The van der Waals surface area contributed by atoms with Gasteiger partial charge in [-0.25, -0.2) is 35.3 Å². The van der Waals surface area contributed by atoms with Crippen molar-refractivity contribution in [3.63, 3.8) is 0 Å². The first-order valence-corrected chi connectivity index (χ1v) is 23.3. The molecule has 1 aliphatic rings. The number of halogens is 1. The molecule has 2 atom stereocenters. The maximum Gasteiger partial charge on any atom is 0.306 e. The lowest BCUT2D eigenvalue weighted by Crippen LogP contribution is -2.26. The Morgan fingerprint density at radius 2 is 1.77 bits per heavy atom. The molecule has 7 aromatic rings. The van der Waals surface area contributed by atoms with E-state index in [-0.39, 0.29) is 39.1 Å². The van der Waals surface area contributed by atoms with Gasteiger partial charge >= 0.3 is 5.97 Å². The average Bonchev–Trinajstić information content (AvgIpc) is 4.01. The van der Waals surface area contributed by atoms with Crippen molar-refractivity contribution < 1.29 is 26.5 Å². The van der Waals surface area contributed by atoms with Crippen LogP contribution in [-0.4, -0.2) is 63.9 Å². The number of aromatic nitrogens is 8. The molecular weight excluding hydrogens is 828 g/mol. The topological polar surface area (TPSA) is 157 Å². The lowest BCUT2D eigenvalue weighted by Gasteiger charge is -2.29. The van der Waals surface area contributed by atoms with Gasteiger partial charge in [-0.3, -0.25) is 9.78 Å². The molecule has 62 heavy (non-hydrogen) atoms. The highest BCUT2D eigenvalue weighted by molar-refractivity contribution is 7.90. The van der Waals surface area contributed by atoms with Crippen molar-refractivity contribution in [1.82, 2.24) is 38.7 Å². The number of benzene rings is 3. The molecule has 0 fully saturated rings. The summed E-state index contributed by atoms with van der Waals surface area (Å²) in [5.74, 6) is -0.0637. The van der Waals surface area contributed by atoms with Crippen molar-refractivity contribution in [2.24, 2.45) is 7.05 Å². The van der Waals surface area contributed by atoms with E-state index >= 15 is 4.39 Å². The van der Waals surface area contributed by atoms with Crippen molar-refractivity contribution in [2.45, 2.75) is 105 Å². The molecule has 0 spiro atoms. The van der Waals surface area contributed by atoms with Gasteiger partial charge in [0.05, 0.1) is 50.4 Å². The van der Waals surface area contributed by atoms with Crippen LogP contribution in [0.15, 0.2) is 106 Å². The fourth-order valence-electron chi connectivity index (χ4n) is 8.23. The SMILES string of the molecule is CCOC(=O)CCc1cccc([C@@]2(C)CCCCC(C)(C)c3cn(nn3)Cc3c(c(F)cc4c3ccn4S(=O)(=O)c3ccc(C)cc3)S(=O)c3ccnc(c3)-c3nc2nn3C)c1. The van der Waals surface area contributed by atoms with Gasteiger partial charge in [0.15, 0.2) is 11.6 Å². The zero-order chi connectivity index (χ0) is 44.0. The molecule has 8 rings (SSSR count). The van der Waals surface area contributed by atoms with Crippen LogP contribution in [0.1, 0.15) is 93.6 Å². The predicted molar refractivity (Wildman–Crippen MR) is 233 cm³/mol. The molecule has 0 saturated carbocycles. The number of aryl methyl sites for hydroxylation is 3. The van der Waals surface area contributed by atoms with E-state index in [2.05, 4.69) is 48.2 Å². The normalized spacial score (nSPS) is 18.1. The summed E-state index contributed by atoms with van der Waals surface area (Å²) in [4.78, 5) is 22.2. The van der Waals surface area contributed by atoms with Crippen LogP contribution < -0.4 is 0 Å². The molecule has 0 aliphatic carbocycles. The minimum atomic E-state index is -4.13. The summed E-state index contributed by atoms with van der Waals surface area (Å²) in [5, 5.41) is 14.4. The number of hydrogen-bond donors (Lipinski definition) is 0. The molecule has 5 heterocycles. The second-order valence-electron chi connectivity index (χ2n) is 16.8. The average molecular weight is 877 g/mol. The predicted octanol–water partition coefficient (Wildman–Crippen LogP) is 7.98.